The van der Waals surface area contributed by atoms with Crippen molar-refractivity contribution in [2.75, 3.05) is 17.7 Å². The first-order chi connectivity index (χ1) is 9.26. The van der Waals surface area contributed by atoms with E-state index in [4.69, 9.17) is 0 Å². The van der Waals surface area contributed by atoms with Crippen molar-refractivity contribution < 1.29 is 4.39 Å². The molecule has 0 aliphatic carbocycles. The van der Waals surface area contributed by atoms with E-state index in [1.807, 2.05) is 16.8 Å². The number of nitrogens with zero attached hydrogens (tertiary/aromatic N) is 3. The lowest BCUT2D eigenvalue weighted by Gasteiger charge is -2.09. The van der Waals surface area contributed by atoms with Crippen LogP contribution in [0.2, 0.25) is 0 Å². The molecule has 0 spiro atoms. The van der Waals surface area contributed by atoms with Crippen molar-refractivity contribution in [1.82, 2.24) is 14.4 Å². The molecule has 3 aromatic rings. The number of benzene rings is 1. The second-order valence-electron chi connectivity index (χ2n) is 4.01. The molecule has 2 N–H and O–H groups in total. The fourth-order valence-corrected chi connectivity index (χ4v) is 1.81. The number of hydrogen-bond donors (Lipinski definition) is 2. The molecule has 5 nitrogen and oxygen atoms in total. The molecule has 3 rings (SSSR count). The maximum Gasteiger partial charge on any atom is 0.180 e. The van der Waals surface area contributed by atoms with Gasteiger partial charge in [-0.15, -0.1) is 0 Å². The van der Waals surface area contributed by atoms with E-state index in [9.17, 15) is 4.39 Å². The molecule has 0 saturated carbocycles. The van der Waals surface area contributed by atoms with Crippen molar-refractivity contribution in [3.05, 3.63) is 48.7 Å². The van der Waals surface area contributed by atoms with Gasteiger partial charge in [-0.05, 0) is 24.3 Å². The number of aromatic nitrogens is 3. The van der Waals surface area contributed by atoms with Crippen LogP contribution in [0.4, 0.5) is 21.7 Å². The molecule has 0 fully saturated rings. The molecule has 0 bridgehead atoms. The van der Waals surface area contributed by atoms with Gasteiger partial charge in [-0.25, -0.2) is 14.4 Å². The van der Waals surface area contributed by atoms with Crippen molar-refractivity contribution in [1.29, 1.82) is 0 Å². The minimum atomic E-state index is -0.270. The quantitative estimate of drug-likeness (QED) is 0.757. The van der Waals surface area contributed by atoms with Crippen LogP contribution in [0.5, 0.6) is 0 Å². The van der Waals surface area contributed by atoms with Gasteiger partial charge in [-0.1, -0.05) is 0 Å². The van der Waals surface area contributed by atoms with Crippen LogP contribution in [0.25, 0.3) is 5.65 Å². The molecule has 0 atom stereocenters. The van der Waals surface area contributed by atoms with Crippen LogP contribution in [0.1, 0.15) is 0 Å². The third-order valence-corrected chi connectivity index (χ3v) is 2.74. The van der Waals surface area contributed by atoms with Crippen LogP contribution in [-0.4, -0.2) is 21.4 Å². The average molecular weight is 257 g/mol. The lowest BCUT2D eigenvalue weighted by atomic mass is 10.3. The van der Waals surface area contributed by atoms with E-state index in [-0.39, 0.29) is 5.82 Å². The fourth-order valence-electron chi connectivity index (χ4n) is 1.81. The molecule has 0 unspecified atom stereocenters. The van der Waals surface area contributed by atoms with Crippen molar-refractivity contribution in [2.45, 2.75) is 0 Å². The standard InChI is InChI=1S/C13H12FN5/c1-15-11-8-19-7-6-16-13(19)12(18-11)17-10-4-2-9(14)3-5-10/h2-8,15H,1H3,(H,17,18). The van der Waals surface area contributed by atoms with Gasteiger partial charge in [-0.3, -0.25) is 0 Å². The predicted octanol–water partition coefficient (Wildman–Crippen LogP) is 2.65. The van der Waals surface area contributed by atoms with Gasteiger partial charge >= 0.3 is 0 Å². The highest BCUT2D eigenvalue weighted by Gasteiger charge is 2.07. The van der Waals surface area contributed by atoms with Crippen molar-refractivity contribution in [2.24, 2.45) is 0 Å². The van der Waals surface area contributed by atoms with E-state index in [0.717, 1.165) is 11.5 Å². The second kappa shape index (κ2) is 4.56. The van der Waals surface area contributed by atoms with E-state index in [0.29, 0.717) is 11.5 Å². The molecule has 19 heavy (non-hydrogen) atoms. The monoisotopic (exact) mass is 257 g/mol. The van der Waals surface area contributed by atoms with E-state index in [1.54, 1.807) is 25.4 Å². The highest BCUT2D eigenvalue weighted by atomic mass is 19.1. The van der Waals surface area contributed by atoms with Crippen LogP contribution in [0.15, 0.2) is 42.9 Å². The molecular weight excluding hydrogens is 245 g/mol. The van der Waals surface area contributed by atoms with E-state index < -0.39 is 0 Å². The molecule has 0 saturated heterocycles. The maximum atomic E-state index is 12.9. The molecular formula is C13H12FN5. The summed E-state index contributed by atoms with van der Waals surface area (Å²) in [7, 11) is 1.80. The lowest BCUT2D eigenvalue weighted by molar-refractivity contribution is 0.628. The minimum Gasteiger partial charge on any atom is -0.372 e. The van der Waals surface area contributed by atoms with Crippen molar-refractivity contribution >= 4 is 23.0 Å². The highest BCUT2D eigenvalue weighted by Crippen LogP contribution is 2.21. The summed E-state index contributed by atoms with van der Waals surface area (Å²) in [5, 5.41) is 6.12. The number of halogens is 1. The van der Waals surface area contributed by atoms with Crippen LogP contribution in [0.3, 0.4) is 0 Å². The number of fused-ring (bicyclic) bond motifs is 1. The average Bonchev–Trinajstić information content (AvgIpc) is 2.89. The van der Waals surface area contributed by atoms with Gasteiger partial charge in [0.2, 0.25) is 0 Å². The zero-order chi connectivity index (χ0) is 13.2. The topological polar surface area (TPSA) is 54.2 Å². The molecule has 2 heterocycles. The Morgan fingerprint density at radius 3 is 2.74 bits per heavy atom. The zero-order valence-corrected chi connectivity index (χ0v) is 10.3. The van der Waals surface area contributed by atoms with Crippen molar-refractivity contribution in [3.8, 4) is 0 Å². The third-order valence-electron chi connectivity index (χ3n) is 2.74. The summed E-state index contributed by atoms with van der Waals surface area (Å²) in [5.74, 6) is 1.06. The van der Waals surface area contributed by atoms with Crippen molar-refractivity contribution in [3.63, 3.8) is 0 Å². The number of nitrogens with one attached hydrogen (secondary N) is 2. The number of hydrogen-bond acceptors (Lipinski definition) is 4. The second-order valence-corrected chi connectivity index (χ2v) is 4.01. The van der Waals surface area contributed by atoms with Gasteiger partial charge in [-0.2, -0.15) is 0 Å². The SMILES string of the molecule is CNc1cn2ccnc2c(Nc2ccc(F)cc2)n1. The number of rotatable bonds is 3. The maximum absolute atomic E-state index is 12.9. The Morgan fingerprint density at radius 2 is 2.00 bits per heavy atom. The smallest absolute Gasteiger partial charge is 0.180 e. The van der Waals surface area contributed by atoms with Crippen LogP contribution in [-0.2, 0) is 0 Å². The lowest BCUT2D eigenvalue weighted by Crippen LogP contribution is -2.02. The first-order valence-electron chi connectivity index (χ1n) is 5.80. The van der Waals surface area contributed by atoms with Gasteiger partial charge in [0.1, 0.15) is 11.6 Å². The summed E-state index contributed by atoms with van der Waals surface area (Å²) in [5.41, 5.74) is 1.47. The van der Waals surface area contributed by atoms with Gasteiger partial charge in [0.15, 0.2) is 11.5 Å². The summed E-state index contributed by atoms with van der Waals surface area (Å²) in [6.45, 7) is 0. The van der Waals surface area contributed by atoms with Crippen LogP contribution < -0.4 is 10.6 Å². The number of anilines is 3. The van der Waals surface area contributed by atoms with Gasteiger partial charge in [0.05, 0.1) is 6.20 Å². The Hall–Kier alpha value is -2.63. The predicted molar refractivity (Wildman–Crippen MR) is 72.2 cm³/mol. The molecule has 1 aromatic carbocycles. The van der Waals surface area contributed by atoms with Gasteiger partial charge in [0, 0.05) is 25.1 Å². The Bertz CT molecular complexity index is 705. The molecule has 6 heteroatoms. The normalized spacial score (nSPS) is 10.6. The Morgan fingerprint density at radius 1 is 1.21 bits per heavy atom. The van der Waals surface area contributed by atoms with E-state index >= 15 is 0 Å². The molecule has 2 aromatic heterocycles. The number of imidazole rings is 1. The third kappa shape index (κ3) is 2.20. The summed E-state index contributed by atoms with van der Waals surface area (Å²) in [6.07, 6.45) is 5.39. The largest absolute Gasteiger partial charge is 0.372 e. The zero-order valence-electron chi connectivity index (χ0n) is 10.3. The Labute approximate surface area is 109 Å². The molecule has 96 valence electrons. The van der Waals surface area contributed by atoms with Crippen LogP contribution in [0, 0.1) is 5.82 Å². The molecule has 0 radical (unpaired) electrons. The van der Waals surface area contributed by atoms with E-state index in [2.05, 4.69) is 20.6 Å². The summed E-state index contributed by atoms with van der Waals surface area (Å²) in [4.78, 5) is 8.65. The van der Waals surface area contributed by atoms with Crippen LogP contribution >= 0.6 is 0 Å². The van der Waals surface area contributed by atoms with E-state index in [1.165, 1.54) is 12.1 Å². The summed E-state index contributed by atoms with van der Waals surface area (Å²) in [6, 6.07) is 6.10. The summed E-state index contributed by atoms with van der Waals surface area (Å²) >= 11 is 0. The molecule has 0 aliphatic rings. The Kier molecular flexibility index (Phi) is 2.75. The fraction of sp³-hybridized carbons (Fsp3) is 0.0769. The highest BCUT2D eigenvalue weighted by molar-refractivity contribution is 5.71. The first-order valence-corrected chi connectivity index (χ1v) is 5.80. The summed E-state index contributed by atoms with van der Waals surface area (Å²) < 4.78 is 14.7. The van der Waals surface area contributed by atoms with Gasteiger partial charge < -0.3 is 15.0 Å². The van der Waals surface area contributed by atoms with Gasteiger partial charge in [0.25, 0.3) is 0 Å². The minimum absolute atomic E-state index is 0.270. The Balaban J connectivity index is 2.03. The molecule has 0 amide bonds. The first kappa shape index (κ1) is 11.5. The molecule has 0 aliphatic heterocycles.